The van der Waals surface area contributed by atoms with Gasteiger partial charge in [-0.05, 0) is 24.3 Å². The normalized spacial score (nSPS) is 11.6. The van der Waals surface area contributed by atoms with Crippen LogP contribution in [0, 0.1) is 5.82 Å². The molecule has 100 valence electrons. The van der Waals surface area contributed by atoms with Gasteiger partial charge in [0.15, 0.2) is 0 Å². The van der Waals surface area contributed by atoms with Crippen molar-refractivity contribution in [3.63, 3.8) is 0 Å². The van der Waals surface area contributed by atoms with E-state index in [9.17, 15) is 17.6 Å². The smallest absolute Gasteiger partial charge is 0.398 e. The van der Waals surface area contributed by atoms with Crippen LogP contribution in [-0.4, -0.2) is 0 Å². The Balaban J connectivity index is 2.65. The van der Waals surface area contributed by atoms with Crippen molar-refractivity contribution in [3.05, 3.63) is 47.8 Å². The Bertz CT molecular complexity index is 621. The molecule has 0 radical (unpaired) electrons. The van der Waals surface area contributed by atoms with Gasteiger partial charge >= 0.3 is 6.18 Å². The first-order valence-corrected chi connectivity index (χ1v) is 5.32. The van der Waals surface area contributed by atoms with Crippen LogP contribution in [0.1, 0.15) is 5.56 Å². The van der Waals surface area contributed by atoms with Crippen molar-refractivity contribution in [1.82, 2.24) is 0 Å². The van der Waals surface area contributed by atoms with E-state index in [4.69, 9.17) is 11.5 Å². The first kappa shape index (κ1) is 13.2. The molecule has 0 spiro atoms. The predicted octanol–water partition coefficient (Wildman–Crippen LogP) is 3.68. The lowest BCUT2D eigenvalue weighted by Gasteiger charge is -2.13. The summed E-state index contributed by atoms with van der Waals surface area (Å²) in [5, 5.41) is 0. The predicted molar refractivity (Wildman–Crippen MR) is 65.7 cm³/mol. The van der Waals surface area contributed by atoms with E-state index in [1.54, 1.807) is 0 Å². The van der Waals surface area contributed by atoms with Gasteiger partial charge in [0.1, 0.15) is 5.82 Å². The van der Waals surface area contributed by atoms with E-state index in [0.717, 1.165) is 24.3 Å². The van der Waals surface area contributed by atoms with E-state index in [1.165, 1.54) is 12.1 Å². The first-order valence-electron chi connectivity index (χ1n) is 5.32. The fraction of sp³-hybridized carbons (Fsp3) is 0.0769. The Morgan fingerprint density at radius 2 is 1.58 bits per heavy atom. The van der Waals surface area contributed by atoms with Gasteiger partial charge in [-0.2, -0.15) is 13.2 Å². The van der Waals surface area contributed by atoms with Crippen LogP contribution in [0.25, 0.3) is 11.1 Å². The number of anilines is 2. The minimum atomic E-state index is -4.50. The van der Waals surface area contributed by atoms with Crippen molar-refractivity contribution in [2.75, 3.05) is 11.5 Å². The van der Waals surface area contributed by atoms with Crippen LogP contribution in [0.2, 0.25) is 0 Å². The number of halogens is 4. The summed E-state index contributed by atoms with van der Waals surface area (Å²) >= 11 is 0. The summed E-state index contributed by atoms with van der Waals surface area (Å²) < 4.78 is 51.3. The third kappa shape index (κ3) is 2.47. The van der Waals surface area contributed by atoms with Gasteiger partial charge in [0.2, 0.25) is 0 Å². The maximum atomic E-state index is 13.3. The number of alkyl halides is 3. The molecule has 0 fully saturated rings. The molecule has 19 heavy (non-hydrogen) atoms. The van der Waals surface area contributed by atoms with Gasteiger partial charge in [0.05, 0.1) is 11.3 Å². The van der Waals surface area contributed by atoms with Crippen molar-refractivity contribution in [1.29, 1.82) is 0 Å². The van der Waals surface area contributed by atoms with Crippen molar-refractivity contribution >= 4 is 11.4 Å². The summed E-state index contributed by atoms with van der Waals surface area (Å²) in [6.07, 6.45) is -4.50. The molecule has 0 bridgehead atoms. The molecule has 0 aromatic heterocycles. The monoisotopic (exact) mass is 270 g/mol. The summed E-state index contributed by atoms with van der Waals surface area (Å²) in [6, 6.07) is 6.77. The van der Waals surface area contributed by atoms with Crippen LogP contribution in [-0.2, 0) is 6.18 Å². The Hall–Kier alpha value is -2.24. The molecule has 0 aliphatic carbocycles. The topological polar surface area (TPSA) is 52.0 Å². The molecule has 6 heteroatoms. The number of nitrogens with two attached hydrogens (primary N) is 2. The molecule has 0 unspecified atom stereocenters. The lowest BCUT2D eigenvalue weighted by molar-refractivity contribution is -0.137. The molecule has 0 amide bonds. The Morgan fingerprint density at radius 1 is 0.895 bits per heavy atom. The zero-order valence-corrected chi connectivity index (χ0v) is 9.63. The fourth-order valence-corrected chi connectivity index (χ4v) is 1.74. The molecule has 2 nitrogen and oxygen atoms in total. The molecule has 4 N–H and O–H groups in total. The molecule has 0 atom stereocenters. The van der Waals surface area contributed by atoms with Gasteiger partial charge in [-0.1, -0.05) is 12.1 Å². The number of nitrogen functional groups attached to an aromatic ring is 2. The Labute approximate surface area is 106 Å². The summed E-state index contributed by atoms with van der Waals surface area (Å²) in [4.78, 5) is 0. The third-order valence-electron chi connectivity index (χ3n) is 2.72. The minimum absolute atomic E-state index is 0.0619. The molecule has 2 aromatic rings. The maximum Gasteiger partial charge on any atom is 0.416 e. The second-order valence-electron chi connectivity index (χ2n) is 4.00. The van der Waals surface area contributed by atoms with Gasteiger partial charge in [0, 0.05) is 16.8 Å². The van der Waals surface area contributed by atoms with Crippen LogP contribution in [0.5, 0.6) is 0 Å². The first-order chi connectivity index (χ1) is 8.80. The number of hydrogen-bond donors (Lipinski definition) is 2. The molecule has 0 saturated heterocycles. The molecule has 0 saturated carbocycles. The lowest BCUT2D eigenvalue weighted by atomic mass is 9.99. The van der Waals surface area contributed by atoms with E-state index in [1.807, 2.05) is 0 Å². The van der Waals surface area contributed by atoms with Gasteiger partial charge in [-0.15, -0.1) is 0 Å². The van der Waals surface area contributed by atoms with Crippen LogP contribution >= 0.6 is 0 Å². The highest BCUT2D eigenvalue weighted by Crippen LogP contribution is 2.37. The number of hydrogen-bond acceptors (Lipinski definition) is 2. The molecule has 0 aliphatic heterocycles. The molecular weight excluding hydrogens is 260 g/mol. The standard InChI is InChI=1S/C13H10F4N2/c14-10-3-1-2-8(12(10)19)9-6-7(13(15,16)17)4-5-11(9)18/h1-6H,18-19H2. The Kier molecular flexibility index (Phi) is 3.09. The summed E-state index contributed by atoms with van der Waals surface area (Å²) in [5.74, 6) is -0.700. The molecule has 2 aromatic carbocycles. The third-order valence-corrected chi connectivity index (χ3v) is 2.72. The van der Waals surface area contributed by atoms with E-state index >= 15 is 0 Å². The fourth-order valence-electron chi connectivity index (χ4n) is 1.74. The highest BCUT2D eigenvalue weighted by molar-refractivity contribution is 5.84. The van der Waals surface area contributed by atoms with E-state index < -0.39 is 17.6 Å². The summed E-state index contributed by atoms with van der Waals surface area (Å²) in [5.41, 5.74) is 10.4. The van der Waals surface area contributed by atoms with Crippen LogP contribution < -0.4 is 11.5 Å². The van der Waals surface area contributed by atoms with Crippen molar-refractivity contribution in [2.45, 2.75) is 6.18 Å². The molecule has 0 heterocycles. The lowest BCUT2D eigenvalue weighted by Crippen LogP contribution is -2.06. The SMILES string of the molecule is Nc1ccc(C(F)(F)F)cc1-c1cccc(F)c1N. The largest absolute Gasteiger partial charge is 0.416 e. The van der Waals surface area contributed by atoms with Crippen LogP contribution in [0.3, 0.4) is 0 Å². The van der Waals surface area contributed by atoms with Crippen LogP contribution in [0.4, 0.5) is 28.9 Å². The zero-order valence-electron chi connectivity index (χ0n) is 9.63. The second kappa shape index (κ2) is 4.46. The number of para-hydroxylation sites is 1. The second-order valence-corrected chi connectivity index (χ2v) is 4.00. The Morgan fingerprint density at radius 3 is 2.21 bits per heavy atom. The highest BCUT2D eigenvalue weighted by Gasteiger charge is 2.31. The van der Waals surface area contributed by atoms with Gasteiger partial charge < -0.3 is 11.5 Å². The maximum absolute atomic E-state index is 13.3. The quantitative estimate of drug-likeness (QED) is 0.613. The minimum Gasteiger partial charge on any atom is -0.398 e. The van der Waals surface area contributed by atoms with Crippen LogP contribution in [0.15, 0.2) is 36.4 Å². The summed E-state index contributed by atoms with van der Waals surface area (Å²) in [7, 11) is 0. The average molecular weight is 270 g/mol. The highest BCUT2D eigenvalue weighted by atomic mass is 19.4. The van der Waals surface area contributed by atoms with Gasteiger partial charge in [0.25, 0.3) is 0 Å². The average Bonchev–Trinajstić information content (AvgIpc) is 2.32. The van der Waals surface area contributed by atoms with E-state index in [-0.39, 0.29) is 22.5 Å². The van der Waals surface area contributed by atoms with Crippen molar-refractivity contribution in [2.24, 2.45) is 0 Å². The molecule has 0 aliphatic rings. The zero-order chi connectivity index (χ0) is 14.2. The number of benzene rings is 2. The van der Waals surface area contributed by atoms with Gasteiger partial charge in [-0.3, -0.25) is 0 Å². The van der Waals surface area contributed by atoms with E-state index in [2.05, 4.69) is 0 Å². The van der Waals surface area contributed by atoms with Crippen molar-refractivity contribution in [3.8, 4) is 11.1 Å². The molecular formula is C13H10F4N2. The van der Waals surface area contributed by atoms with Gasteiger partial charge in [-0.25, -0.2) is 4.39 Å². The summed E-state index contributed by atoms with van der Waals surface area (Å²) in [6.45, 7) is 0. The van der Waals surface area contributed by atoms with Crippen molar-refractivity contribution < 1.29 is 17.6 Å². The molecule has 2 rings (SSSR count). The number of rotatable bonds is 1. The van der Waals surface area contributed by atoms with E-state index in [0.29, 0.717) is 0 Å².